The van der Waals surface area contributed by atoms with Crippen molar-refractivity contribution in [3.63, 3.8) is 0 Å². The van der Waals surface area contributed by atoms with Crippen LogP contribution in [0.4, 0.5) is 5.69 Å². The second kappa shape index (κ2) is 7.04. The molecule has 0 spiro atoms. The van der Waals surface area contributed by atoms with Gasteiger partial charge in [-0.05, 0) is 24.4 Å². The SMILES string of the molecule is COC(=O)/C(C#N)=C\NC(=S)Nc1ccccc1. The summed E-state index contributed by atoms with van der Waals surface area (Å²) in [6, 6.07) is 11.0. The lowest BCUT2D eigenvalue weighted by Crippen LogP contribution is -2.24. The van der Waals surface area contributed by atoms with Crippen LogP contribution in [-0.2, 0) is 9.53 Å². The van der Waals surface area contributed by atoms with Gasteiger partial charge in [-0.3, -0.25) is 0 Å². The standard InChI is InChI=1S/C12H11N3O2S/c1-17-11(16)9(7-13)8-14-12(18)15-10-5-3-2-4-6-10/h2-6,8H,1H3,(H2,14,15,18)/b9-8-. The lowest BCUT2D eigenvalue weighted by Gasteiger charge is -2.07. The van der Waals surface area contributed by atoms with Crippen LogP contribution in [-0.4, -0.2) is 18.2 Å². The van der Waals surface area contributed by atoms with Crippen molar-refractivity contribution >= 4 is 29.0 Å². The maximum absolute atomic E-state index is 11.1. The summed E-state index contributed by atoms with van der Waals surface area (Å²) in [7, 11) is 1.20. The van der Waals surface area contributed by atoms with E-state index in [1.807, 2.05) is 30.3 Å². The molecule has 92 valence electrons. The van der Waals surface area contributed by atoms with Crippen LogP contribution < -0.4 is 10.6 Å². The van der Waals surface area contributed by atoms with E-state index in [0.29, 0.717) is 0 Å². The Morgan fingerprint density at radius 3 is 2.67 bits per heavy atom. The van der Waals surface area contributed by atoms with Crippen molar-refractivity contribution in [2.24, 2.45) is 0 Å². The van der Waals surface area contributed by atoms with Crippen LogP contribution in [0.25, 0.3) is 0 Å². The maximum atomic E-state index is 11.1. The van der Waals surface area contributed by atoms with E-state index in [9.17, 15) is 4.79 Å². The molecule has 0 aromatic heterocycles. The minimum Gasteiger partial charge on any atom is -0.465 e. The van der Waals surface area contributed by atoms with Gasteiger partial charge in [-0.25, -0.2) is 4.79 Å². The number of rotatable bonds is 3. The second-order valence-corrected chi connectivity index (χ2v) is 3.53. The Morgan fingerprint density at radius 1 is 1.44 bits per heavy atom. The van der Waals surface area contributed by atoms with Gasteiger partial charge in [0.2, 0.25) is 0 Å². The monoisotopic (exact) mass is 261 g/mol. The molecule has 0 bridgehead atoms. The largest absolute Gasteiger partial charge is 0.465 e. The van der Waals surface area contributed by atoms with Gasteiger partial charge in [-0.15, -0.1) is 0 Å². The predicted molar refractivity (Wildman–Crippen MR) is 71.5 cm³/mol. The fraction of sp³-hybridized carbons (Fsp3) is 0.0833. The number of benzene rings is 1. The summed E-state index contributed by atoms with van der Waals surface area (Å²) in [6.45, 7) is 0. The first-order valence-electron chi connectivity index (χ1n) is 4.98. The Kier molecular flexibility index (Phi) is 5.35. The van der Waals surface area contributed by atoms with E-state index in [1.165, 1.54) is 13.3 Å². The molecular formula is C12H11N3O2S. The van der Waals surface area contributed by atoms with Crippen molar-refractivity contribution in [3.05, 3.63) is 42.1 Å². The minimum absolute atomic E-state index is 0.158. The molecule has 0 unspecified atom stereocenters. The van der Waals surface area contributed by atoms with Crippen LogP contribution >= 0.6 is 12.2 Å². The number of nitriles is 1. The van der Waals surface area contributed by atoms with Crippen LogP contribution in [0, 0.1) is 11.3 Å². The summed E-state index contributed by atoms with van der Waals surface area (Å²) in [5.74, 6) is -0.715. The summed E-state index contributed by atoms with van der Waals surface area (Å²) < 4.78 is 4.42. The molecule has 0 saturated heterocycles. The average molecular weight is 261 g/mol. The number of hydrogen-bond acceptors (Lipinski definition) is 4. The van der Waals surface area contributed by atoms with Crippen molar-refractivity contribution in [2.45, 2.75) is 0 Å². The number of thiocarbonyl (C=S) groups is 1. The fourth-order valence-corrected chi connectivity index (χ4v) is 1.25. The Morgan fingerprint density at radius 2 is 2.11 bits per heavy atom. The molecule has 0 amide bonds. The normalized spacial score (nSPS) is 10.1. The summed E-state index contributed by atoms with van der Waals surface area (Å²) in [5, 5.41) is 14.5. The van der Waals surface area contributed by atoms with Crippen molar-refractivity contribution < 1.29 is 9.53 Å². The smallest absolute Gasteiger partial charge is 0.350 e. The zero-order valence-corrected chi connectivity index (χ0v) is 10.5. The van der Waals surface area contributed by atoms with Crippen molar-refractivity contribution in [3.8, 4) is 6.07 Å². The van der Waals surface area contributed by atoms with Crippen LogP contribution in [0.2, 0.25) is 0 Å². The molecule has 18 heavy (non-hydrogen) atoms. The number of methoxy groups -OCH3 is 1. The molecule has 1 aromatic carbocycles. The Bertz CT molecular complexity index is 506. The van der Waals surface area contributed by atoms with Gasteiger partial charge >= 0.3 is 5.97 Å². The predicted octanol–water partition coefficient (Wildman–Crippen LogP) is 1.55. The average Bonchev–Trinajstić information content (AvgIpc) is 2.40. The van der Waals surface area contributed by atoms with Gasteiger partial charge in [0.15, 0.2) is 10.7 Å². The third kappa shape index (κ3) is 4.23. The molecule has 6 heteroatoms. The molecular weight excluding hydrogens is 250 g/mol. The number of carbonyl (C=O) groups is 1. The number of ether oxygens (including phenoxy) is 1. The zero-order chi connectivity index (χ0) is 13.4. The molecule has 0 fully saturated rings. The first-order valence-corrected chi connectivity index (χ1v) is 5.39. The van der Waals surface area contributed by atoms with Crippen LogP contribution in [0.1, 0.15) is 0 Å². The first kappa shape index (κ1) is 13.7. The Balaban J connectivity index is 2.58. The van der Waals surface area contributed by atoms with Crippen molar-refractivity contribution in [2.75, 3.05) is 12.4 Å². The quantitative estimate of drug-likeness (QED) is 0.372. The first-order chi connectivity index (χ1) is 8.67. The summed E-state index contributed by atoms with van der Waals surface area (Å²) in [5.41, 5.74) is 0.648. The van der Waals surface area contributed by atoms with Crippen molar-refractivity contribution in [1.29, 1.82) is 5.26 Å². The van der Waals surface area contributed by atoms with Crippen LogP contribution in [0.15, 0.2) is 42.1 Å². The minimum atomic E-state index is -0.715. The fourth-order valence-electron chi connectivity index (χ4n) is 1.07. The third-order valence-corrected chi connectivity index (χ3v) is 2.12. The molecule has 0 atom stereocenters. The maximum Gasteiger partial charge on any atom is 0.350 e. The van der Waals surface area contributed by atoms with Gasteiger partial charge in [0.05, 0.1) is 7.11 Å². The van der Waals surface area contributed by atoms with E-state index in [-0.39, 0.29) is 10.7 Å². The summed E-state index contributed by atoms with van der Waals surface area (Å²) >= 11 is 5.00. The van der Waals surface area contributed by atoms with E-state index in [4.69, 9.17) is 17.5 Å². The molecule has 0 aliphatic heterocycles. The van der Waals surface area contributed by atoms with Gasteiger partial charge in [0, 0.05) is 11.9 Å². The summed E-state index contributed by atoms with van der Waals surface area (Å²) in [4.78, 5) is 11.1. The summed E-state index contributed by atoms with van der Waals surface area (Å²) in [6.07, 6.45) is 1.20. The molecule has 0 saturated carbocycles. The molecule has 0 aliphatic carbocycles. The Labute approximate surface area is 110 Å². The number of hydrogen-bond donors (Lipinski definition) is 2. The Hall–Kier alpha value is -2.39. The van der Waals surface area contributed by atoms with Gasteiger partial charge in [0.1, 0.15) is 6.07 Å². The van der Waals surface area contributed by atoms with Crippen molar-refractivity contribution in [1.82, 2.24) is 5.32 Å². The molecule has 1 aromatic rings. The topological polar surface area (TPSA) is 74.2 Å². The number of nitrogens with zero attached hydrogens (tertiary/aromatic N) is 1. The molecule has 0 heterocycles. The second-order valence-electron chi connectivity index (χ2n) is 3.13. The number of para-hydroxylation sites is 1. The van der Waals surface area contributed by atoms with E-state index in [0.717, 1.165) is 5.69 Å². The molecule has 5 nitrogen and oxygen atoms in total. The third-order valence-electron chi connectivity index (χ3n) is 1.91. The molecule has 0 radical (unpaired) electrons. The van der Waals surface area contributed by atoms with E-state index in [1.54, 1.807) is 6.07 Å². The van der Waals surface area contributed by atoms with Gasteiger partial charge in [0.25, 0.3) is 0 Å². The van der Waals surface area contributed by atoms with E-state index < -0.39 is 5.97 Å². The number of nitrogens with one attached hydrogen (secondary N) is 2. The lowest BCUT2D eigenvalue weighted by molar-refractivity contribution is -0.135. The molecule has 1 rings (SSSR count). The molecule has 0 aliphatic rings. The highest BCUT2D eigenvalue weighted by atomic mass is 32.1. The lowest BCUT2D eigenvalue weighted by atomic mass is 10.3. The van der Waals surface area contributed by atoms with Gasteiger partial charge in [-0.1, -0.05) is 18.2 Å². The van der Waals surface area contributed by atoms with E-state index in [2.05, 4.69) is 15.4 Å². The zero-order valence-electron chi connectivity index (χ0n) is 9.64. The highest BCUT2D eigenvalue weighted by Gasteiger charge is 2.08. The van der Waals surface area contributed by atoms with Gasteiger partial charge in [-0.2, -0.15) is 5.26 Å². The number of carbonyl (C=O) groups excluding carboxylic acids is 1. The number of esters is 1. The van der Waals surface area contributed by atoms with Crippen LogP contribution in [0.3, 0.4) is 0 Å². The number of anilines is 1. The molecule has 2 N–H and O–H groups in total. The highest BCUT2D eigenvalue weighted by molar-refractivity contribution is 7.80. The van der Waals surface area contributed by atoms with E-state index >= 15 is 0 Å². The highest BCUT2D eigenvalue weighted by Crippen LogP contribution is 2.04. The van der Waals surface area contributed by atoms with Crippen LogP contribution in [0.5, 0.6) is 0 Å². The van der Waals surface area contributed by atoms with Gasteiger partial charge < -0.3 is 15.4 Å².